The highest BCUT2D eigenvalue weighted by atomic mass is 16.2. The van der Waals surface area contributed by atoms with Gasteiger partial charge in [-0.1, -0.05) is 0 Å². The highest BCUT2D eigenvalue weighted by Crippen LogP contribution is 2.26. The molecule has 0 aromatic heterocycles. The summed E-state index contributed by atoms with van der Waals surface area (Å²) < 4.78 is 0. The molecule has 2 rings (SSSR count). The van der Waals surface area contributed by atoms with Crippen molar-refractivity contribution < 1.29 is 9.59 Å². The lowest BCUT2D eigenvalue weighted by Gasteiger charge is -2.33. The number of anilines is 2. The number of rotatable bonds is 0. The summed E-state index contributed by atoms with van der Waals surface area (Å²) in [4.78, 5) is 25.8. The molecule has 0 spiro atoms. The van der Waals surface area contributed by atoms with E-state index < -0.39 is 5.54 Å². The Morgan fingerprint density at radius 3 is 2.56 bits per heavy atom. The smallest absolute Gasteiger partial charge is 0.256 e. The fourth-order valence-corrected chi connectivity index (χ4v) is 1.94. The second-order valence-corrected chi connectivity index (χ2v) is 5.42. The molecule has 18 heavy (non-hydrogen) atoms. The second-order valence-electron chi connectivity index (χ2n) is 5.42. The number of amides is 2. The minimum atomic E-state index is -0.416. The lowest BCUT2D eigenvalue weighted by atomic mass is 10.0. The molecule has 1 aromatic rings. The average molecular weight is 247 g/mol. The van der Waals surface area contributed by atoms with Gasteiger partial charge in [-0.3, -0.25) is 9.59 Å². The van der Waals surface area contributed by atoms with Gasteiger partial charge in [0.15, 0.2) is 0 Å². The summed E-state index contributed by atoms with van der Waals surface area (Å²) in [5.41, 5.74) is 6.75. The van der Waals surface area contributed by atoms with E-state index in [0.717, 1.165) is 0 Å². The van der Waals surface area contributed by atoms with Gasteiger partial charge in [-0.15, -0.1) is 0 Å². The van der Waals surface area contributed by atoms with Gasteiger partial charge in [0.2, 0.25) is 5.91 Å². The molecule has 1 heterocycles. The molecular formula is C13H17N3O2. The van der Waals surface area contributed by atoms with Crippen molar-refractivity contribution in [2.24, 2.45) is 0 Å². The van der Waals surface area contributed by atoms with Gasteiger partial charge in [-0.2, -0.15) is 0 Å². The van der Waals surface area contributed by atoms with Gasteiger partial charge >= 0.3 is 0 Å². The van der Waals surface area contributed by atoms with E-state index in [2.05, 4.69) is 5.32 Å². The molecule has 2 amide bonds. The van der Waals surface area contributed by atoms with Gasteiger partial charge in [-0.05, 0) is 39.0 Å². The summed E-state index contributed by atoms with van der Waals surface area (Å²) in [5.74, 6) is -0.370. The summed E-state index contributed by atoms with van der Waals surface area (Å²) in [6.45, 7) is 5.75. The summed E-state index contributed by atoms with van der Waals surface area (Å²) in [6, 6.07) is 4.92. The summed E-state index contributed by atoms with van der Waals surface area (Å²) in [7, 11) is 0. The minimum absolute atomic E-state index is 0.0525. The first kappa shape index (κ1) is 12.4. The van der Waals surface area contributed by atoms with Gasteiger partial charge in [0.05, 0.1) is 11.3 Å². The number of hydrogen-bond acceptors (Lipinski definition) is 3. The average Bonchev–Trinajstić information content (AvgIpc) is 2.37. The molecule has 0 unspecified atom stereocenters. The van der Waals surface area contributed by atoms with Crippen LogP contribution in [-0.4, -0.2) is 28.8 Å². The molecular weight excluding hydrogens is 230 g/mol. The Labute approximate surface area is 106 Å². The van der Waals surface area contributed by atoms with Crippen LogP contribution in [0, 0.1) is 0 Å². The van der Waals surface area contributed by atoms with E-state index in [1.165, 1.54) is 0 Å². The van der Waals surface area contributed by atoms with Crippen LogP contribution in [0.25, 0.3) is 0 Å². The molecule has 96 valence electrons. The highest BCUT2D eigenvalue weighted by Gasteiger charge is 2.33. The predicted octanol–water partition coefficient (Wildman–Crippen LogP) is 1.46. The third kappa shape index (κ3) is 2.16. The van der Waals surface area contributed by atoms with Crippen molar-refractivity contribution in [1.82, 2.24) is 4.90 Å². The molecule has 0 fully saturated rings. The first-order valence-corrected chi connectivity index (χ1v) is 5.80. The van der Waals surface area contributed by atoms with Crippen molar-refractivity contribution in [2.75, 3.05) is 17.6 Å². The molecule has 0 atom stereocenters. The Bertz CT molecular complexity index is 517. The Kier molecular flexibility index (Phi) is 2.77. The molecule has 0 saturated heterocycles. The van der Waals surface area contributed by atoms with Crippen LogP contribution >= 0.6 is 0 Å². The summed E-state index contributed by atoms with van der Waals surface area (Å²) in [6.07, 6.45) is 0. The topological polar surface area (TPSA) is 75.4 Å². The van der Waals surface area contributed by atoms with Crippen LogP contribution in [-0.2, 0) is 4.79 Å². The van der Waals surface area contributed by atoms with E-state index in [1.807, 2.05) is 20.8 Å². The highest BCUT2D eigenvalue weighted by molar-refractivity contribution is 6.09. The van der Waals surface area contributed by atoms with Crippen molar-refractivity contribution in [3.05, 3.63) is 23.8 Å². The van der Waals surface area contributed by atoms with Crippen LogP contribution in [0.4, 0.5) is 11.4 Å². The maximum absolute atomic E-state index is 12.5. The Morgan fingerprint density at radius 2 is 1.94 bits per heavy atom. The lowest BCUT2D eigenvalue weighted by Crippen LogP contribution is -2.47. The number of carbonyl (C=O) groups is 2. The molecule has 1 aliphatic heterocycles. The molecule has 5 heteroatoms. The van der Waals surface area contributed by atoms with Crippen LogP contribution in [0.2, 0.25) is 0 Å². The zero-order chi connectivity index (χ0) is 13.5. The van der Waals surface area contributed by atoms with Crippen LogP contribution in [0.15, 0.2) is 18.2 Å². The van der Waals surface area contributed by atoms with E-state index in [1.54, 1.807) is 23.1 Å². The van der Waals surface area contributed by atoms with Crippen LogP contribution in [0.3, 0.4) is 0 Å². The van der Waals surface area contributed by atoms with Gasteiger partial charge in [0, 0.05) is 11.2 Å². The first-order chi connectivity index (χ1) is 8.29. The number of carbonyl (C=O) groups excluding carboxylic acids is 2. The second kappa shape index (κ2) is 4.01. The largest absolute Gasteiger partial charge is 0.399 e. The molecule has 0 aliphatic carbocycles. The quantitative estimate of drug-likeness (QED) is 0.681. The maximum Gasteiger partial charge on any atom is 0.256 e. The minimum Gasteiger partial charge on any atom is -0.399 e. The van der Waals surface area contributed by atoms with E-state index in [9.17, 15) is 9.59 Å². The predicted molar refractivity (Wildman–Crippen MR) is 70.3 cm³/mol. The van der Waals surface area contributed by atoms with E-state index in [0.29, 0.717) is 16.9 Å². The van der Waals surface area contributed by atoms with Crippen molar-refractivity contribution in [3.63, 3.8) is 0 Å². The van der Waals surface area contributed by atoms with Gasteiger partial charge in [0.1, 0.15) is 6.54 Å². The number of nitrogens with two attached hydrogens (primary N) is 1. The van der Waals surface area contributed by atoms with Gasteiger partial charge < -0.3 is 16.0 Å². The summed E-state index contributed by atoms with van der Waals surface area (Å²) in [5, 5.41) is 2.73. The third-order valence-electron chi connectivity index (χ3n) is 2.90. The Morgan fingerprint density at radius 1 is 1.28 bits per heavy atom. The summed E-state index contributed by atoms with van der Waals surface area (Å²) >= 11 is 0. The zero-order valence-electron chi connectivity index (χ0n) is 10.8. The molecule has 1 aromatic carbocycles. The SMILES string of the molecule is CC(C)(C)N1CC(=O)Nc2ccc(N)cc2C1=O. The molecule has 0 radical (unpaired) electrons. The number of nitrogen functional groups attached to an aromatic ring is 1. The zero-order valence-corrected chi connectivity index (χ0v) is 10.8. The normalized spacial score (nSPS) is 16.1. The van der Waals surface area contributed by atoms with E-state index >= 15 is 0 Å². The molecule has 1 aliphatic rings. The van der Waals surface area contributed by atoms with Crippen LogP contribution < -0.4 is 11.1 Å². The monoisotopic (exact) mass is 247 g/mol. The fourth-order valence-electron chi connectivity index (χ4n) is 1.94. The molecule has 5 nitrogen and oxygen atoms in total. The molecule has 3 N–H and O–H groups in total. The number of hydrogen-bond donors (Lipinski definition) is 2. The van der Waals surface area contributed by atoms with Crippen molar-refractivity contribution >= 4 is 23.2 Å². The Hall–Kier alpha value is -2.04. The number of fused-ring (bicyclic) bond motifs is 1. The fraction of sp³-hybridized carbons (Fsp3) is 0.385. The first-order valence-electron chi connectivity index (χ1n) is 5.80. The number of nitrogens with one attached hydrogen (secondary N) is 1. The van der Waals surface area contributed by atoms with Crippen LogP contribution in [0.1, 0.15) is 31.1 Å². The van der Waals surface area contributed by atoms with Crippen molar-refractivity contribution in [2.45, 2.75) is 26.3 Å². The standard InChI is InChI=1S/C13H17N3O2/c1-13(2,3)16-7-11(17)15-10-5-4-8(14)6-9(10)12(16)18/h4-6H,7,14H2,1-3H3,(H,15,17). The Balaban J connectivity index is 2.54. The van der Waals surface area contributed by atoms with Crippen LogP contribution in [0.5, 0.6) is 0 Å². The van der Waals surface area contributed by atoms with Gasteiger partial charge in [0.25, 0.3) is 5.91 Å². The van der Waals surface area contributed by atoms with Crippen molar-refractivity contribution in [1.29, 1.82) is 0 Å². The molecule has 0 saturated carbocycles. The maximum atomic E-state index is 12.5. The van der Waals surface area contributed by atoms with E-state index in [-0.39, 0.29) is 18.4 Å². The van der Waals surface area contributed by atoms with Gasteiger partial charge in [-0.25, -0.2) is 0 Å². The number of nitrogens with zero attached hydrogens (tertiary/aromatic N) is 1. The number of benzene rings is 1. The molecule has 0 bridgehead atoms. The van der Waals surface area contributed by atoms with Crippen molar-refractivity contribution in [3.8, 4) is 0 Å². The third-order valence-corrected chi connectivity index (χ3v) is 2.90. The van der Waals surface area contributed by atoms with E-state index in [4.69, 9.17) is 5.73 Å². The lowest BCUT2D eigenvalue weighted by molar-refractivity contribution is -0.117.